The van der Waals surface area contributed by atoms with Crippen molar-refractivity contribution in [1.29, 1.82) is 0 Å². The molecule has 0 atom stereocenters. The molecule has 0 aliphatic carbocycles. The van der Waals surface area contributed by atoms with E-state index in [0.29, 0.717) is 18.8 Å². The quantitative estimate of drug-likeness (QED) is 0.707. The van der Waals surface area contributed by atoms with Crippen molar-refractivity contribution in [3.05, 3.63) is 12.3 Å². The Labute approximate surface area is 88.1 Å². The number of methoxy groups -OCH3 is 1. The van der Waals surface area contributed by atoms with Gasteiger partial charge in [-0.1, -0.05) is 0 Å². The van der Waals surface area contributed by atoms with Gasteiger partial charge in [-0.05, 0) is 6.07 Å². The number of ether oxygens (including phenoxy) is 1. The van der Waals surface area contributed by atoms with E-state index >= 15 is 0 Å². The van der Waals surface area contributed by atoms with E-state index in [9.17, 15) is 4.79 Å². The largest absolute Gasteiger partial charge is 0.469 e. The topological polar surface area (TPSA) is 81.3 Å². The number of nitrogens with zero attached hydrogens (tertiary/aromatic N) is 3. The summed E-state index contributed by atoms with van der Waals surface area (Å²) in [6.45, 7) is 0.531. The zero-order valence-corrected chi connectivity index (χ0v) is 8.80. The summed E-state index contributed by atoms with van der Waals surface area (Å²) >= 11 is 0. The minimum atomic E-state index is -0.246. The van der Waals surface area contributed by atoms with Crippen LogP contribution in [0.1, 0.15) is 6.42 Å². The number of carbonyl (C=O) groups is 1. The van der Waals surface area contributed by atoms with Crippen molar-refractivity contribution >= 4 is 17.7 Å². The molecule has 0 radical (unpaired) electrons. The van der Waals surface area contributed by atoms with Crippen LogP contribution in [0.4, 0.5) is 11.8 Å². The van der Waals surface area contributed by atoms with Crippen LogP contribution >= 0.6 is 0 Å². The van der Waals surface area contributed by atoms with Gasteiger partial charge >= 0.3 is 5.97 Å². The van der Waals surface area contributed by atoms with Crippen molar-refractivity contribution in [2.24, 2.45) is 0 Å². The molecule has 0 spiro atoms. The van der Waals surface area contributed by atoms with E-state index in [2.05, 4.69) is 14.7 Å². The highest BCUT2D eigenvalue weighted by Gasteiger charge is 2.06. The second kappa shape index (κ2) is 5.14. The third-order valence-electron chi connectivity index (χ3n) is 1.93. The van der Waals surface area contributed by atoms with Gasteiger partial charge in [0.25, 0.3) is 0 Å². The van der Waals surface area contributed by atoms with Crippen LogP contribution in [0.3, 0.4) is 0 Å². The number of aromatic nitrogens is 2. The lowest BCUT2D eigenvalue weighted by atomic mass is 10.4. The summed E-state index contributed by atoms with van der Waals surface area (Å²) in [7, 11) is 3.19. The van der Waals surface area contributed by atoms with E-state index in [1.54, 1.807) is 12.3 Å². The van der Waals surface area contributed by atoms with Gasteiger partial charge in [-0.25, -0.2) is 4.98 Å². The Morgan fingerprint density at radius 1 is 1.67 bits per heavy atom. The molecule has 1 aromatic heterocycles. The van der Waals surface area contributed by atoms with Crippen LogP contribution in [0.15, 0.2) is 12.3 Å². The second-order valence-electron chi connectivity index (χ2n) is 3.02. The minimum absolute atomic E-state index is 0.220. The van der Waals surface area contributed by atoms with E-state index in [1.165, 1.54) is 7.11 Å². The first-order valence-electron chi connectivity index (χ1n) is 4.50. The maximum Gasteiger partial charge on any atom is 0.307 e. The lowest BCUT2D eigenvalue weighted by Gasteiger charge is -2.16. The summed E-state index contributed by atoms with van der Waals surface area (Å²) in [4.78, 5) is 20.5. The van der Waals surface area contributed by atoms with Gasteiger partial charge in [0, 0.05) is 19.8 Å². The van der Waals surface area contributed by atoms with Gasteiger partial charge in [0.2, 0.25) is 5.95 Å². The van der Waals surface area contributed by atoms with Crippen molar-refractivity contribution in [2.75, 3.05) is 31.3 Å². The highest BCUT2D eigenvalue weighted by molar-refractivity contribution is 5.69. The van der Waals surface area contributed by atoms with Crippen molar-refractivity contribution in [1.82, 2.24) is 9.97 Å². The summed E-state index contributed by atoms with van der Waals surface area (Å²) in [5, 5.41) is 0. The lowest BCUT2D eigenvalue weighted by molar-refractivity contribution is -0.140. The fourth-order valence-corrected chi connectivity index (χ4v) is 1.05. The molecule has 0 amide bonds. The fourth-order valence-electron chi connectivity index (χ4n) is 1.05. The van der Waals surface area contributed by atoms with E-state index in [0.717, 1.165) is 0 Å². The number of esters is 1. The Morgan fingerprint density at radius 3 is 3.00 bits per heavy atom. The first-order valence-corrected chi connectivity index (χ1v) is 4.50. The molecule has 0 aliphatic rings. The van der Waals surface area contributed by atoms with Gasteiger partial charge < -0.3 is 15.4 Å². The van der Waals surface area contributed by atoms with Crippen molar-refractivity contribution in [3.8, 4) is 0 Å². The van der Waals surface area contributed by atoms with E-state index in [-0.39, 0.29) is 11.9 Å². The molecule has 0 aliphatic heterocycles. The molecule has 0 saturated carbocycles. The van der Waals surface area contributed by atoms with Gasteiger partial charge in [0.15, 0.2) is 0 Å². The molecule has 1 heterocycles. The molecule has 0 bridgehead atoms. The Bertz CT molecular complexity index is 343. The third kappa shape index (κ3) is 3.41. The van der Waals surface area contributed by atoms with Crippen LogP contribution in [-0.2, 0) is 9.53 Å². The first-order chi connectivity index (χ1) is 7.13. The maximum atomic E-state index is 10.9. The average molecular weight is 210 g/mol. The SMILES string of the molecule is COC(=O)CCN(C)c1ccnc(N)n1. The monoisotopic (exact) mass is 210 g/mol. The van der Waals surface area contributed by atoms with Crippen LogP contribution in [0.25, 0.3) is 0 Å². The second-order valence-corrected chi connectivity index (χ2v) is 3.02. The van der Waals surface area contributed by atoms with Crippen LogP contribution in [0.5, 0.6) is 0 Å². The molecular weight excluding hydrogens is 196 g/mol. The Balaban J connectivity index is 2.53. The van der Waals surface area contributed by atoms with Gasteiger partial charge in [-0.2, -0.15) is 4.98 Å². The normalized spacial score (nSPS) is 9.73. The van der Waals surface area contributed by atoms with Gasteiger partial charge in [-0.15, -0.1) is 0 Å². The molecule has 0 unspecified atom stereocenters. The molecule has 0 saturated heterocycles. The summed E-state index contributed by atoms with van der Waals surface area (Å²) in [6.07, 6.45) is 1.89. The van der Waals surface area contributed by atoms with Crippen LogP contribution in [0, 0.1) is 0 Å². The molecule has 1 aromatic rings. The molecule has 0 aromatic carbocycles. The molecule has 15 heavy (non-hydrogen) atoms. The van der Waals surface area contributed by atoms with E-state index < -0.39 is 0 Å². The minimum Gasteiger partial charge on any atom is -0.469 e. The molecule has 6 nitrogen and oxygen atoms in total. The molecule has 1 rings (SSSR count). The lowest BCUT2D eigenvalue weighted by Crippen LogP contribution is -2.22. The highest BCUT2D eigenvalue weighted by atomic mass is 16.5. The smallest absolute Gasteiger partial charge is 0.307 e. The van der Waals surface area contributed by atoms with Gasteiger partial charge in [0.1, 0.15) is 5.82 Å². The maximum absolute atomic E-state index is 10.9. The molecule has 0 fully saturated rings. The summed E-state index contributed by atoms with van der Waals surface area (Å²) in [5.74, 6) is 0.660. The predicted octanol–water partition coefficient (Wildman–Crippen LogP) is 0.0581. The number of nitrogens with two attached hydrogens (primary N) is 1. The predicted molar refractivity (Wildman–Crippen MR) is 56.3 cm³/mol. The number of nitrogen functional groups attached to an aromatic ring is 1. The summed E-state index contributed by atoms with van der Waals surface area (Å²) in [5.41, 5.74) is 5.44. The number of anilines is 2. The number of hydrogen-bond acceptors (Lipinski definition) is 6. The zero-order valence-electron chi connectivity index (χ0n) is 8.80. The average Bonchev–Trinajstić information content (AvgIpc) is 2.25. The standard InChI is InChI=1S/C9H14N4O2/c1-13(6-4-8(14)15-2)7-3-5-11-9(10)12-7/h3,5H,4,6H2,1-2H3,(H2,10,11,12). The summed E-state index contributed by atoms with van der Waals surface area (Å²) < 4.78 is 4.54. The Morgan fingerprint density at radius 2 is 2.40 bits per heavy atom. The zero-order chi connectivity index (χ0) is 11.3. The number of rotatable bonds is 4. The van der Waals surface area contributed by atoms with Crippen LogP contribution < -0.4 is 10.6 Å². The van der Waals surface area contributed by atoms with E-state index in [4.69, 9.17) is 5.73 Å². The third-order valence-corrected chi connectivity index (χ3v) is 1.93. The van der Waals surface area contributed by atoms with Crippen LogP contribution in [-0.4, -0.2) is 36.6 Å². The van der Waals surface area contributed by atoms with Crippen molar-refractivity contribution in [2.45, 2.75) is 6.42 Å². The molecule has 2 N–H and O–H groups in total. The summed E-state index contributed by atoms with van der Waals surface area (Å²) in [6, 6.07) is 1.73. The fraction of sp³-hybridized carbons (Fsp3) is 0.444. The number of hydrogen-bond donors (Lipinski definition) is 1. The first kappa shape index (κ1) is 11.2. The number of carbonyl (C=O) groups excluding carboxylic acids is 1. The van der Waals surface area contributed by atoms with Gasteiger partial charge in [0.05, 0.1) is 13.5 Å². The van der Waals surface area contributed by atoms with Crippen molar-refractivity contribution in [3.63, 3.8) is 0 Å². The molecule has 6 heteroatoms. The highest BCUT2D eigenvalue weighted by Crippen LogP contribution is 2.08. The van der Waals surface area contributed by atoms with Crippen LogP contribution in [0.2, 0.25) is 0 Å². The molecule has 82 valence electrons. The van der Waals surface area contributed by atoms with Crippen molar-refractivity contribution < 1.29 is 9.53 Å². The van der Waals surface area contributed by atoms with Gasteiger partial charge in [-0.3, -0.25) is 4.79 Å². The Hall–Kier alpha value is -1.85. The Kier molecular flexibility index (Phi) is 3.84. The van der Waals surface area contributed by atoms with E-state index in [1.807, 2.05) is 11.9 Å². The molecular formula is C9H14N4O2.